The summed E-state index contributed by atoms with van der Waals surface area (Å²) in [6, 6.07) is 7.78. The second-order valence-corrected chi connectivity index (χ2v) is 6.63. The van der Waals surface area contributed by atoms with Crippen molar-refractivity contribution in [2.75, 3.05) is 13.1 Å². The number of hydrogen-bond donors (Lipinski definition) is 0. The molecule has 0 bridgehead atoms. The summed E-state index contributed by atoms with van der Waals surface area (Å²) in [5, 5.41) is 0. The molecule has 1 fully saturated rings. The number of fused-ring (bicyclic) bond motifs is 1. The van der Waals surface area contributed by atoms with E-state index in [1.807, 2.05) is 53.6 Å². The number of aryl methyl sites for hydroxylation is 2. The highest BCUT2D eigenvalue weighted by atomic mass is 16.2. The number of carbonyl (C=O) groups is 1. The minimum Gasteiger partial charge on any atom is -0.342 e. The van der Waals surface area contributed by atoms with Crippen LogP contribution in [-0.4, -0.2) is 43.2 Å². The van der Waals surface area contributed by atoms with Crippen LogP contribution in [-0.2, 0) is 11.2 Å². The molecule has 1 atom stereocenters. The van der Waals surface area contributed by atoms with Crippen molar-refractivity contribution in [1.29, 1.82) is 0 Å². The average Bonchev–Trinajstić information content (AvgIpc) is 3.21. The van der Waals surface area contributed by atoms with E-state index >= 15 is 0 Å². The van der Waals surface area contributed by atoms with Gasteiger partial charge in [0.1, 0.15) is 11.5 Å². The number of rotatable bonds is 3. The maximum Gasteiger partial charge on any atom is 0.228 e. The topological polar surface area (TPSA) is 63.4 Å². The molecule has 4 rings (SSSR count). The van der Waals surface area contributed by atoms with Gasteiger partial charge in [0.2, 0.25) is 5.91 Å². The molecular weight excluding hydrogens is 314 g/mol. The summed E-state index contributed by atoms with van der Waals surface area (Å²) in [5.41, 5.74) is 3.74. The Bertz CT molecular complexity index is 932. The molecule has 1 amide bonds. The van der Waals surface area contributed by atoms with Gasteiger partial charge in [-0.2, -0.15) is 0 Å². The van der Waals surface area contributed by atoms with Gasteiger partial charge >= 0.3 is 0 Å². The Labute approximate surface area is 146 Å². The second-order valence-electron chi connectivity index (χ2n) is 6.63. The first-order valence-corrected chi connectivity index (χ1v) is 8.61. The molecule has 4 heterocycles. The highest BCUT2D eigenvalue weighted by molar-refractivity contribution is 5.79. The first-order valence-electron chi connectivity index (χ1n) is 8.61. The zero-order chi connectivity index (χ0) is 17.4. The van der Waals surface area contributed by atoms with Crippen LogP contribution in [0.15, 0.2) is 36.7 Å². The maximum atomic E-state index is 12.8. The third-order valence-electron chi connectivity index (χ3n) is 4.87. The van der Waals surface area contributed by atoms with Crippen molar-refractivity contribution in [3.05, 3.63) is 59.6 Å². The van der Waals surface area contributed by atoms with Gasteiger partial charge in [0.25, 0.3) is 0 Å². The fraction of sp³-hybridized carbons (Fsp3) is 0.368. The van der Waals surface area contributed by atoms with Crippen molar-refractivity contribution in [3.63, 3.8) is 0 Å². The first-order chi connectivity index (χ1) is 12.1. The van der Waals surface area contributed by atoms with Gasteiger partial charge in [-0.15, -0.1) is 0 Å². The molecule has 3 aromatic heterocycles. The molecule has 0 spiro atoms. The van der Waals surface area contributed by atoms with E-state index < -0.39 is 0 Å². The van der Waals surface area contributed by atoms with E-state index in [0.717, 1.165) is 41.5 Å². The summed E-state index contributed by atoms with van der Waals surface area (Å²) in [6.07, 6.45) is 5.05. The highest BCUT2D eigenvalue weighted by Gasteiger charge is 2.29. The van der Waals surface area contributed by atoms with Gasteiger partial charge in [-0.25, -0.2) is 15.0 Å². The van der Waals surface area contributed by atoms with Crippen molar-refractivity contribution in [3.8, 4) is 0 Å². The largest absolute Gasteiger partial charge is 0.342 e. The molecule has 128 valence electrons. The van der Waals surface area contributed by atoms with E-state index in [1.54, 1.807) is 6.20 Å². The molecule has 6 heteroatoms. The molecule has 1 aliphatic rings. The zero-order valence-electron chi connectivity index (χ0n) is 14.5. The highest BCUT2D eigenvalue weighted by Crippen LogP contribution is 2.25. The molecular formula is C19H21N5O. The predicted octanol–water partition coefficient (Wildman–Crippen LogP) is 2.30. The summed E-state index contributed by atoms with van der Waals surface area (Å²) >= 11 is 0. The predicted molar refractivity (Wildman–Crippen MR) is 94.3 cm³/mol. The Morgan fingerprint density at radius 2 is 2.12 bits per heavy atom. The quantitative estimate of drug-likeness (QED) is 0.737. The standard InChI is InChI=1S/C19H21N5O/c1-13-6-8-20-19(21-13)15-7-10-23(12-15)18(25)11-16-14(2)22-17-5-3-4-9-24(16)17/h3-6,8-9,15H,7,10-12H2,1-2H3/t15-/m0/s1. The van der Waals surface area contributed by atoms with Crippen molar-refractivity contribution >= 4 is 11.6 Å². The van der Waals surface area contributed by atoms with Crippen LogP contribution in [0, 0.1) is 13.8 Å². The molecule has 0 aliphatic carbocycles. The van der Waals surface area contributed by atoms with Gasteiger partial charge in [0.05, 0.1) is 17.8 Å². The Balaban J connectivity index is 1.49. The molecule has 0 aromatic carbocycles. The lowest BCUT2D eigenvalue weighted by molar-refractivity contribution is -0.129. The number of amides is 1. The monoisotopic (exact) mass is 335 g/mol. The van der Waals surface area contributed by atoms with Gasteiger partial charge < -0.3 is 9.30 Å². The van der Waals surface area contributed by atoms with E-state index in [4.69, 9.17) is 0 Å². The number of imidazole rings is 1. The number of pyridine rings is 1. The lowest BCUT2D eigenvalue weighted by atomic mass is 10.1. The van der Waals surface area contributed by atoms with Crippen LogP contribution in [0.4, 0.5) is 0 Å². The SMILES string of the molecule is Cc1ccnc([C@H]2CCN(C(=O)Cc3c(C)nc4ccccn34)C2)n1. The number of likely N-dealkylation sites (tertiary alicyclic amines) is 1. The lowest BCUT2D eigenvalue weighted by Crippen LogP contribution is -2.30. The average molecular weight is 335 g/mol. The van der Waals surface area contributed by atoms with Gasteiger partial charge in [-0.1, -0.05) is 6.07 Å². The lowest BCUT2D eigenvalue weighted by Gasteiger charge is -2.16. The van der Waals surface area contributed by atoms with Crippen LogP contribution >= 0.6 is 0 Å². The number of aromatic nitrogens is 4. The summed E-state index contributed by atoms with van der Waals surface area (Å²) in [5.74, 6) is 1.22. The van der Waals surface area contributed by atoms with Gasteiger partial charge in [-0.3, -0.25) is 4.79 Å². The minimum atomic E-state index is 0.143. The molecule has 0 N–H and O–H groups in total. The Kier molecular flexibility index (Phi) is 3.95. The zero-order valence-corrected chi connectivity index (χ0v) is 14.5. The minimum absolute atomic E-state index is 0.143. The van der Waals surface area contributed by atoms with Crippen LogP contribution in [0.2, 0.25) is 0 Å². The van der Waals surface area contributed by atoms with E-state index in [2.05, 4.69) is 15.0 Å². The normalized spacial score (nSPS) is 17.4. The maximum absolute atomic E-state index is 12.8. The van der Waals surface area contributed by atoms with Gasteiger partial charge in [-0.05, 0) is 38.5 Å². The number of hydrogen-bond acceptors (Lipinski definition) is 4. The van der Waals surface area contributed by atoms with E-state index in [0.29, 0.717) is 13.0 Å². The molecule has 6 nitrogen and oxygen atoms in total. The molecule has 0 radical (unpaired) electrons. The van der Waals surface area contributed by atoms with Gasteiger partial charge in [0.15, 0.2) is 0 Å². The number of carbonyl (C=O) groups excluding carboxylic acids is 1. The van der Waals surface area contributed by atoms with E-state index in [1.165, 1.54) is 0 Å². The van der Waals surface area contributed by atoms with Crippen molar-refractivity contribution in [2.45, 2.75) is 32.6 Å². The fourth-order valence-corrected chi connectivity index (χ4v) is 3.49. The summed E-state index contributed by atoms with van der Waals surface area (Å²) < 4.78 is 2.00. The third kappa shape index (κ3) is 2.99. The summed E-state index contributed by atoms with van der Waals surface area (Å²) in [4.78, 5) is 28.2. The molecule has 1 aliphatic heterocycles. The smallest absolute Gasteiger partial charge is 0.228 e. The third-order valence-corrected chi connectivity index (χ3v) is 4.87. The van der Waals surface area contributed by atoms with Crippen LogP contribution in [0.5, 0.6) is 0 Å². The van der Waals surface area contributed by atoms with Crippen LogP contribution in [0.1, 0.15) is 35.2 Å². The van der Waals surface area contributed by atoms with Crippen molar-refractivity contribution in [2.24, 2.45) is 0 Å². The Morgan fingerprint density at radius 1 is 1.24 bits per heavy atom. The Hall–Kier alpha value is -2.76. The van der Waals surface area contributed by atoms with Gasteiger partial charge in [0, 0.05) is 37.1 Å². The van der Waals surface area contributed by atoms with E-state index in [-0.39, 0.29) is 11.8 Å². The van der Waals surface area contributed by atoms with Crippen LogP contribution in [0.25, 0.3) is 5.65 Å². The second kappa shape index (κ2) is 6.27. The Morgan fingerprint density at radius 3 is 2.96 bits per heavy atom. The van der Waals surface area contributed by atoms with E-state index in [9.17, 15) is 4.79 Å². The summed E-state index contributed by atoms with van der Waals surface area (Å²) in [7, 11) is 0. The fourth-order valence-electron chi connectivity index (χ4n) is 3.49. The molecule has 0 unspecified atom stereocenters. The first kappa shape index (κ1) is 15.7. The van der Waals surface area contributed by atoms with Crippen molar-refractivity contribution < 1.29 is 4.79 Å². The van der Waals surface area contributed by atoms with Crippen LogP contribution in [0.3, 0.4) is 0 Å². The summed E-state index contributed by atoms with van der Waals surface area (Å²) in [6.45, 7) is 5.38. The van der Waals surface area contributed by atoms with Crippen molar-refractivity contribution in [1.82, 2.24) is 24.3 Å². The molecule has 0 saturated carbocycles. The molecule has 25 heavy (non-hydrogen) atoms. The molecule has 3 aromatic rings. The number of nitrogens with zero attached hydrogens (tertiary/aromatic N) is 5. The molecule has 1 saturated heterocycles. The van der Waals surface area contributed by atoms with Crippen LogP contribution < -0.4 is 0 Å².